The number of sulfonamides is 1. The molecule has 2 aromatic rings. The molecule has 1 aliphatic rings. The van der Waals surface area contributed by atoms with Gasteiger partial charge < -0.3 is 10.1 Å². The first-order chi connectivity index (χ1) is 12.3. The van der Waals surface area contributed by atoms with E-state index in [1.807, 2.05) is 0 Å². The minimum absolute atomic E-state index is 0.224. The van der Waals surface area contributed by atoms with E-state index in [-0.39, 0.29) is 11.6 Å². The van der Waals surface area contributed by atoms with Crippen LogP contribution in [0.4, 0.5) is 15.8 Å². The quantitative estimate of drug-likeness (QED) is 0.838. The summed E-state index contributed by atoms with van der Waals surface area (Å²) < 4.78 is 46.2. The van der Waals surface area contributed by atoms with Crippen molar-refractivity contribution in [3.8, 4) is 0 Å². The summed E-state index contributed by atoms with van der Waals surface area (Å²) in [7, 11) is -4.05. The molecule has 0 radical (unpaired) electrons. The Morgan fingerprint density at radius 3 is 2.50 bits per heavy atom. The van der Waals surface area contributed by atoms with E-state index >= 15 is 0 Å². The number of benzene rings is 2. The summed E-state index contributed by atoms with van der Waals surface area (Å²) in [5.41, 5.74) is 1.43. The van der Waals surface area contributed by atoms with Gasteiger partial charge in [-0.25, -0.2) is 12.8 Å². The Morgan fingerprint density at radius 1 is 1.15 bits per heavy atom. The van der Waals surface area contributed by atoms with Gasteiger partial charge in [0.15, 0.2) is 0 Å². The van der Waals surface area contributed by atoms with Crippen molar-refractivity contribution >= 4 is 27.3 Å². The number of carbonyl (C=O) groups is 1. The maximum atomic E-state index is 13.8. The van der Waals surface area contributed by atoms with E-state index in [1.54, 1.807) is 19.1 Å². The molecule has 0 aromatic heterocycles. The number of anilines is 2. The van der Waals surface area contributed by atoms with Gasteiger partial charge in [-0.2, -0.15) is 0 Å². The lowest BCUT2D eigenvalue weighted by Crippen LogP contribution is -2.26. The lowest BCUT2D eigenvalue weighted by molar-refractivity contribution is -0.124. The molecule has 0 bridgehead atoms. The van der Waals surface area contributed by atoms with Crippen LogP contribution in [-0.4, -0.2) is 27.0 Å². The van der Waals surface area contributed by atoms with Crippen LogP contribution in [0.1, 0.15) is 18.4 Å². The van der Waals surface area contributed by atoms with Crippen LogP contribution in [0.5, 0.6) is 0 Å². The zero-order valence-corrected chi connectivity index (χ0v) is 15.0. The molecule has 0 saturated carbocycles. The van der Waals surface area contributed by atoms with E-state index in [4.69, 9.17) is 4.74 Å². The van der Waals surface area contributed by atoms with Gasteiger partial charge in [-0.3, -0.25) is 9.52 Å². The molecule has 2 N–H and O–H groups in total. The summed E-state index contributed by atoms with van der Waals surface area (Å²) in [6, 6.07) is 10.0. The number of carbonyl (C=O) groups excluding carboxylic acids is 1. The molecule has 2 aromatic carbocycles. The van der Waals surface area contributed by atoms with Crippen molar-refractivity contribution in [2.24, 2.45) is 0 Å². The van der Waals surface area contributed by atoms with Crippen molar-refractivity contribution in [1.82, 2.24) is 0 Å². The summed E-state index contributed by atoms with van der Waals surface area (Å²) >= 11 is 0. The third kappa shape index (κ3) is 4.20. The highest BCUT2D eigenvalue weighted by molar-refractivity contribution is 7.92. The van der Waals surface area contributed by atoms with Gasteiger partial charge in [0.25, 0.3) is 15.9 Å². The van der Waals surface area contributed by atoms with E-state index in [0.29, 0.717) is 24.3 Å². The van der Waals surface area contributed by atoms with Crippen LogP contribution in [0.3, 0.4) is 0 Å². The molecular formula is C18H19FN2O4S. The third-order valence-electron chi connectivity index (χ3n) is 4.00. The minimum Gasteiger partial charge on any atom is -0.368 e. The Bertz CT molecular complexity index is 907. The molecule has 1 saturated heterocycles. The van der Waals surface area contributed by atoms with Crippen molar-refractivity contribution in [3.05, 3.63) is 53.8 Å². The number of nitrogens with one attached hydrogen (secondary N) is 2. The first-order valence-electron chi connectivity index (χ1n) is 8.17. The number of amides is 1. The molecule has 138 valence electrons. The third-order valence-corrected chi connectivity index (χ3v) is 5.40. The first kappa shape index (κ1) is 18.3. The Labute approximate surface area is 151 Å². The zero-order chi connectivity index (χ0) is 18.7. The highest BCUT2D eigenvalue weighted by atomic mass is 32.2. The second-order valence-electron chi connectivity index (χ2n) is 6.11. The Balaban J connectivity index is 1.70. The standard InChI is InChI=1S/C18H19FN2O4S/c1-12-4-9-15(19)17(11-12)26(23,24)21-14-7-5-13(6-8-14)20-18(22)16-3-2-10-25-16/h4-9,11,16,21H,2-3,10H2,1H3,(H,20,22). The molecule has 1 heterocycles. The van der Waals surface area contributed by atoms with Crippen LogP contribution < -0.4 is 10.0 Å². The van der Waals surface area contributed by atoms with Gasteiger partial charge in [0.2, 0.25) is 0 Å². The van der Waals surface area contributed by atoms with Gasteiger partial charge in [0.1, 0.15) is 16.8 Å². The van der Waals surface area contributed by atoms with Gasteiger partial charge in [-0.1, -0.05) is 6.07 Å². The number of rotatable bonds is 5. The lowest BCUT2D eigenvalue weighted by atomic mass is 10.2. The minimum atomic E-state index is -4.05. The van der Waals surface area contributed by atoms with Crippen molar-refractivity contribution in [2.75, 3.05) is 16.6 Å². The SMILES string of the molecule is Cc1ccc(F)c(S(=O)(=O)Nc2ccc(NC(=O)C3CCCO3)cc2)c1. The van der Waals surface area contributed by atoms with Crippen LogP contribution in [0, 0.1) is 12.7 Å². The molecule has 3 rings (SSSR count). The number of halogens is 1. The monoisotopic (exact) mass is 378 g/mol. The molecule has 1 atom stereocenters. The number of hydrogen-bond acceptors (Lipinski definition) is 4. The molecule has 0 aliphatic carbocycles. The topological polar surface area (TPSA) is 84.5 Å². The number of ether oxygens (including phenoxy) is 1. The Hall–Kier alpha value is -2.45. The van der Waals surface area contributed by atoms with Crippen LogP contribution in [-0.2, 0) is 19.6 Å². The second-order valence-corrected chi connectivity index (χ2v) is 7.76. The average molecular weight is 378 g/mol. The largest absolute Gasteiger partial charge is 0.368 e. The molecule has 1 unspecified atom stereocenters. The fraction of sp³-hybridized carbons (Fsp3) is 0.278. The molecule has 1 amide bonds. The predicted octanol–water partition coefficient (Wildman–Crippen LogP) is 3.05. The molecule has 26 heavy (non-hydrogen) atoms. The average Bonchev–Trinajstić information content (AvgIpc) is 3.13. The van der Waals surface area contributed by atoms with Crippen LogP contribution in [0.15, 0.2) is 47.4 Å². The van der Waals surface area contributed by atoms with Gasteiger partial charge in [0.05, 0.1) is 0 Å². The summed E-state index contributed by atoms with van der Waals surface area (Å²) in [6.07, 6.45) is 1.09. The van der Waals surface area contributed by atoms with Crippen molar-refractivity contribution < 1.29 is 22.3 Å². The number of hydrogen-bond donors (Lipinski definition) is 2. The van der Waals surface area contributed by atoms with E-state index < -0.39 is 26.8 Å². The van der Waals surface area contributed by atoms with Gasteiger partial charge in [-0.05, 0) is 61.7 Å². The molecule has 1 fully saturated rings. The molecule has 6 nitrogen and oxygen atoms in total. The summed E-state index contributed by atoms with van der Waals surface area (Å²) in [6.45, 7) is 2.26. The Morgan fingerprint density at radius 2 is 1.85 bits per heavy atom. The van der Waals surface area contributed by atoms with E-state index in [0.717, 1.165) is 12.5 Å². The smallest absolute Gasteiger partial charge is 0.264 e. The maximum absolute atomic E-state index is 13.8. The summed E-state index contributed by atoms with van der Waals surface area (Å²) in [5.74, 6) is -1.04. The fourth-order valence-electron chi connectivity index (χ4n) is 2.66. The van der Waals surface area contributed by atoms with Crippen molar-refractivity contribution in [3.63, 3.8) is 0 Å². The molecule has 1 aliphatic heterocycles. The highest BCUT2D eigenvalue weighted by Crippen LogP contribution is 2.22. The van der Waals surface area contributed by atoms with Crippen LogP contribution in [0.2, 0.25) is 0 Å². The van der Waals surface area contributed by atoms with Gasteiger partial charge in [-0.15, -0.1) is 0 Å². The molecule has 0 spiro atoms. The summed E-state index contributed by atoms with van der Waals surface area (Å²) in [4.78, 5) is 11.6. The Kier molecular flexibility index (Phi) is 5.24. The predicted molar refractivity (Wildman–Crippen MR) is 96.0 cm³/mol. The molecule has 8 heteroatoms. The normalized spacial score (nSPS) is 17.1. The fourth-order valence-corrected chi connectivity index (χ4v) is 3.88. The highest BCUT2D eigenvalue weighted by Gasteiger charge is 2.23. The zero-order valence-electron chi connectivity index (χ0n) is 14.2. The first-order valence-corrected chi connectivity index (χ1v) is 9.65. The van der Waals surface area contributed by atoms with E-state index in [2.05, 4.69) is 10.0 Å². The van der Waals surface area contributed by atoms with Crippen LogP contribution in [0.25, 0.3) is 0 Å². The van der Waals surface area contributed by atoms with Crippen LogP contribution >= 0.6 is 0 Å². The maximum Gasteiger partial charge on any atom is 0.264 e. The molecular weight excluding hydrogens is 359 g/mol. The lowest BCUT2D eigenvalue weighted by Gasteiger charge is -2.12. The van der Waals surface area contributed by atoms with E-state index in [1.165, 1.54) is 24.3 Å². The second kappa shape index (κ2) is 7.43. The van der Waals surface area contributed by atoms with Gasteiger partial charge >= 0.3 is 0 Å². The number of aryl methyl sites for hydroxylation is 1. The van der Waals surface area contributed by atoms with Crippen molar-refractivity contribution in [2.45, 2.75) is 30.8 Å². The van der Waals surface area contributed by atoms with Gasteiger partial charge in [0, 0.05) is 18.0 Å². The van der Waals surface area contributed by atoms with Crippen molar-refractivity contribution in [1.29, 1.82) is 0 Å². The summed E-state index contributed by atoms with van der Waals surface area (Å²) in [5, 5.41) is 2.72. The van der Waals surface area contributed by atoms with E-state index in [9.17, 15) is 17.6 Å².